The number of hydrogen-bond acceptors (Lipinski definition) is 4. The highest BCUT2D eigenvalue weighted by Crippen LogP contribution is 2.11. The van der Waals surface area contributed by atoms with Crippen LogP contribution in [-0.4, -0.2) is 32.4 Å². The van der Waals surface area contributed by atoms with Gasteiger partial charge in [-0.05, 0) is 19.4 Å². The average Bonchev–Trinajstić information content (AvgIpc) is 2.26. The standard InChI is InChI=1S/C13H20N2O3S/c1-9-4-6-11(7-5-9)12(14)13(16)15-10(2)8-19(3,17)18/h4-7,10,12H,8,14H2,1-3H3,(H,15,16). The van der Waals surface area contributed by atoms with E-state index < -0.39 is 21.9 Å². The summed E-state index contributed by atoms with van der Waals surface area (Å²) in [5.41, 5.74) is 7.63. The number of sulfone groups is 1. The second kappa shape index (κ2) is 6.16. The summed E-state index contributed by atoms with van der Waals surface area (Å²) in [6, 6.07) is 6.09. The van der Waals surface area contributed by atoms with Crippen LogP contribution in [0.4, 0.5) is 0 Å². The smallest absolute Gasteiger partial charge is 0.241 e. The van der Waals surface area contributed by atoms with E-state index in [2.05, 4.69) is 5.32 Å². The Morgan fingerprint density at radius 1 is 1.32 bits per heavy atom. The summed E-state index contributed by atoms with van der Waals surface area (Å²) in [4.78, 5) is 11.9. The lowest BCUT2D eigenvalue weighted by atomic mass is 10.1. The number of amides is 1. The lowest BCUT2D eigenvalue weighted by Crippen LogP contribution is -2.42. The second-order valence-corrected chi connectivity index (χ2v) is 7.08. The number of aryl methyl sites for hydroxylation is 1. The molecule has 1 rings (SSSR count). The summed E-state index contributed by atoms with van der Waals surface area (Å²) in [6.45, 7) is 3.59. The van der Waals surface area contributed by atoms with E-state index in [0.717, 1.165) is 11.8 Å². The van der Waals surface area contributed by atoms with Crippen molar-refractivity contribution in [2.75, 3.05) is 12.0 Å². The van der Waals surface area contributed by atoms with Crippen LogP contribution in [0.15, 0.2) is 24.3 Å². The third-order valence-electron chi connectivity index (χ3n) is 2.66. The molecule has 5 nitrogen and oxygen atoms in total. The topological polar surface area (TPSA) is 89.3 Å². The van der Waals surface area contributed by atoms with Crippen LogP contribution in [0.5, 0.6) is 0 Å². The molecule has 106 valence electrons. The summed E-state index contributed by atoms with van der Waals surface area (Å²) in [6.07, 6.45) is 1.13. The van der Waals surface area contributed by atoms with Crippen LogP contribution in [0.1, 0.15) is 24.1 Å². The molecule has 1 amide bonds. The molecule has 0 saturated carbocycles. The van der Waals surface area contributed by atoms with Crippen molar-refractivity contribution in [2.45, 2.75) is 25.9 Å². The lowest BCUT2D eigenvalue weighted by Gasteiger charge is -2.17. The van der Waals surface area contributed by atoms with Gasteiger partial charge in [-0.1, -0.05) is 29.8 Å². The zero-order chi connectivity index (χ0) is 14.6. The first-order valence-electron chi connectivity index (χ1n) is 5.99. The normalized spacial score (nSPS) is 14.7. The van der Waals surface area contributed by atoms with Gasteiger partial charge < -0.3 is 11.1 Å². The molecule has 6 heteroatoms. The third-order valence-corrected chi connectivity index (χ3v) is 3.77. The van der Waals surface area contributed by atoms with Gasteiger partial charge >= 0.3 is 0 Å². The number of nitrogens with one attached hydrogen (secondary N) is 1. The first kappa shape index (κ1) is 15.7. The molecule has 0 aromatic heterocycles. The van der Waals surface area contributed by atoms with Gasteiger partial charge in [0.2, 0.25) is 5.91 Å². The Morgan fingerprint density at radius 3 is 2.32 bits per heavy atom. The van der Waals surface area contributed by atoms with Crippen LogP contribution < -0.4 is 11.1 Å². The maximum absolute atomic E-state index is 11.9. The molecule has 0 aliphatic rings. The molecule has 1 aromatic rings. The van der Waals surface area contributed by atoms with Crippen LogP contribution >= 0.6 is 0 Å². The van der Waals surface area contributed by atoms with Gasteiger partial charge in [-0.3, -0.25) is 4.79 Å². The number of hydrogen-bond donors (Lipinski definition) is 2. The van der Waals surface area contributed by atoms with Crippen molar-refractivity contribution >= 4 is 15.7 Å². The molecule has 0 aliphatic carbocycles. The predicted molar refractivity (Wildman–Crippen MR) is 75.4 cm³/mol. The average molecular weight is 284 g/mol. The minimum absolute atomic E-state index is 0.0979. The number of rotatable bonds is 5. The van der Waals surface area contributed by atoms with Crippen molar-refractivity contribution in [3.8, 4) is 0 Å². The number of nitrogens with two attached hydrogens (primary N) is 1. The van der Waals surface area contributed by atoms with Gasteiger partial charge in [-0.25, -0.2) is 8.42 Å². The van der Waals surface area contributed by atoms with Crippen LogP contribution in [0, 0.1) is 6.92 Å². The minimum Gasteiger partial charge on any atom is -0.351 e. The summed E-state index contributed by atoms with van der Waals surface area (Å²) < 4.78 is 22.2. The quantitative estimate of drug-likeness (QED) is 0.826. The summed E-state index contributed by atoms with van der Waals surface area (Å²) in [7, 11) is -3.12. The van der Waals surface area contributed by atoms with Crippen LogP contribution in [0.3, 0.4) is 0 Å². The first-order chi connectivity index (χ1) is 8.69. The summed E-state index contributed by atoms with van der Waals surface area (Å²) in [5, 5.41) is 2.61. The van der Waals surface area contributed by atoms with Crippen molar-refractivity contribution < 1.29 is 13.2 Å². The molecule has 0 heterocycles. The van der Waals surface area contributed by atoms with E-state index >= 15 is 0 Å². The van der Waals surface area contributed by atoms with E-state index in [1.165, 1.54) is 0 Å². The van der Waals surface area contributed by atoms with Crippen molar-refractivity contribution in [3.63, 3.8) is 0 Å². The Balaban J connectivity index is 2.65. The molecular weight excluding hydrogens is 264 g/mol. The van der Waals surface area contributed by atoms with E-state index in [9.17, 15) is 13.2 Å². The molecule has 0 fully saturated rings. The maximum atomic E-state index is 11.9. The van der Waals surface area contributed by atoms with Crippen molar-refractivity contribution in [1.29, 1.82) is 0 Å². The molecular formula is C13H20N2O3S. The molecule has 0 spiro atoms. The van der Waals surface area contributed by atoms with Crippen molar-refractivity contribution in [3.05, 3.63) is 35.4 Å². The summed E-state index contributed by atoms with van der Waals surface area (Å²) >= 11 is 0. The monoisotopic (exact) mass is 284 g/mol. The first-order valence-corrected chi connectivity index (χ1v) is 8.05. The zero-order valence-electron chi connectivity index (χ0n) is 11.4. The van der Waals surface area contributed by atoms with Gasteiger partial charge in [-0.2, -0.15) is 0 Å². The fraction of sp³-hybridized carbons (Fsp3) is 0.462. The van der Waals surface area contributed by atoms with Crippen molar-refractivity contribution in [1.82, 2.24) is 5.32 Å². The van der Waals surface area contributed by atoms with Gasteiger partial charge in [0.25, 0.3) is 0 Å². The van der Waals surface area contributed by atoms with Gasteiger partial charge in [0.1, 0.15) is 15.9 Å². The van der Waals surface area contributed by atoms with Crippen molar-refractivity contribution in [2.24, 2.45) is 5.73 Å². The van der Waals surface area contributed by atoms with Crippen LogP contribution in [0.25, 0.3) is 0 Å². The highest BCUT2D eigenvalue weighted by molar-refractivity contribution is 7.90. The molecule has 2 atom stereocenters. The maximum Gasteiger partial charge on any atom is 0.241 e. The molecule has 1 aromatic carbocycles. The molecule has 0 radical (unpaired) electrons. The van der Waals surface area contributed by atoms with Crippen LogP contribution in [0.2, 0.25) is 0 Å². The Bertz CT molecular complexity index is 538. The highest BCUT2D eigenvalue weighted by Gasteiger charge is 2.19. The lowest BCUT2D eigenvalue weighted by molar-refractivity contribution is -0.122. The van der Waals surface area contributed by atoms with Gasteiger partial charge in [0.15, 0.2) is 0 Å². The Kier molecular flexibility index (Phi) is 5.08. The van der Waals surface area contributed by atoms with E-state index in [1.54, 1.807) is 19.1 Å². The van der Waals surface area contributed by atoms with Crippen LogP contribution in [-0.2, 0) is 14.6 Å². The fourth-order valence-corrected chi connectivity index (χ4v) is 2.75. The molecule has 0 saturated heterocycles. The Labute approximate surface area is 114 Å². The fourth-order valence-electron chi connectivity index (χ4n) is 1.75. The number of carbonyl (C=O) groups is 1. The minimum atomic E-state index is -3.12. The number of benzene rings is 1. The van der Waals surface area contributed by atoms with E-state index in [4.69, 9.17) is 5.73 Å². The van der Waals surface area contributed by atoms with Gasteiger partial charge in [-0.15, -0.1) is 0 Å². The zero-order valence-corrected chi connectivity index (χ0v) is 12.2. The Morgan fingerprint density at radius 2 is 1.84 bits per heavy atom. The van der Waals surface area contributed by atoms with E-state index in [-0.39, 0.29) is 11.7 Å². The van der Waals surface area contributed by atoms with Gasteiger partial charge in [0.05, 0.1) is 5.75 Å². The predicted octanol–water partition coefficient (Wildman–Crippen LogP) is 0.544. The molecule has 3 N–H and O–H groups in total. The third kappa shape index (κ3) is 5.40. The number of carbonyl (C=O) groups excluding carboxylic acids is 1. The molecule has 0 bridgehead atoms. The highest BCUT2D eigenvalue weighted by atomic mass is 32.2. The van der Waals surface area contributed by atoms with E-state index in [0.29, 0.717) is 5.56 Å². The molecule has 2 unspecified atom stereocenters. The van der Waals surface area contributed by atoms with E-state index in [1.807, 2.05) is 19.1 Å². The Hall–Kier alpha value is -1.40. The second-order valence-electron chi connectivity index (χ2n) is 4.89. The van der Waals surface area contributed by atoms with Gasteiger partial charge in [0, 0.05) is 12.3 Å². The SMILES string of the molecule is Cc1ccc(C(N)C(=O)NC(C)CS(C)(=O)=O)cc1. The largest absolute Gasteiger partial charge is 0.351 e. The molecule has 19 heavy (non-hydrogen) atoms. The summed E-state index contributed by atoms with van der Waals surface area (Å²) in [5.74, 6) is -0.473. The molecule has 0 aliphatic heterocycles.